The van der Waals surface area contributed by atoms with Crippen LogP contribution in [0.4, 0.5) is 0 Å². The molecule has 7 nitrogen and oxygen atoms in total. The van der Waals surface area contributed by atoms with E-state index in [1.165, 1.54) is 13.2 Å². The molecule has 140 valence electrons. The molecule has 1 aromatic rings. The van der Waals surface area contributed by atoms with Crippen LogP contribution in [0.15, 0.2) is 18.2 Å². The highest BCUT2D eigenvalue weighted by molar-refractivity contribution is 5.89. The lowest BCUT2D eigenvalue weighted by molar-refractivity contribution is -0.144. The van der Waals surface area contributed by atoms with E-state index in [-0.39, 0.29) is 18.6 Å². The maximum atomic E-state index is 11.8. The summed E-state index contributed by atoms with van der Waals surface area (Å²) >= 11 is 0. The van der Waals surface area contributed by atoms with Crippen molar-refractivity contribution in [1.82, 2.24) is 5.32 Å². The zero-order chi connectivity index (χ0) is 18.5. The molecular formula is C19H23NO6. The van der Waals surface area contributed by atoms with Gasteiger partial charge in [0.15, 0.2) is 18.1 Å². The molecule has 1 aromatic carbocycles. The van der Waals surface area contributed by atoms with Crippen molar-refractivity contribution in [2.45, 2.75) is 25.8 Å². The van der Waals surface area contributed by atoms with E-state index in [2.05, 4.69) is 5.32 Å². The highest BCUT2D eigenvalue weighted by atomic mass is 16.6. The predicted molar refractivity (Wildman–Crippen MR) is 94.3 cm³/mol. The number of carbonyl (C=O) groups is 2. The Balaban J connectivity index is 1.53. The van der Waals surface area contributed by atoms with Gasteiger partial charge in [0.2, 0.25) is 5.75 Å². The Kier molecular flexibility index (Phi) is 5.65. The molecule has 1 fully saturated rings. The molecule has 0 bridgehead atoms. The van der Waals surface area contributed by atoms with Crippen LogP contribution in [0.3, 0.4) is 0 Å². The lowest BCUT2D eigenvalue weighted by Gasteiger charge is -2.20. The first-order valence-corrected chi connectivity index (χ1v) is 8.68. The zero-order valence-corrected chi connectivity index (χ0v) is 14.9. The minimum atomic E-state index is -0.590. The maximum Gasteiger partial charge on any atom is 0.331 e. The Hall–Kier alpha value is -2.70. The summed E-state index contributed by atoms with van der Waals surface area (Å²) in [6, 6.07) is 3.62. The zero-order valence-electron chi connectivity index (χ0n) is 14.9. The van der Waals surface area contributed by atoms with Crippen LogP contribution in [0.2, 0.25) is 0 Å². The van der Waals surface area contributed by atoms with Crippen LogP contribution < -0.4 is 19.5 Å². The molecule has 1 heterocycles. The van der Waals surface area contributed by atoms with E-state index in [1.54, 1.807) is 18.2 Å². The number of hydrogen-bond donors (Lipinski definition) is 1. The monoisotopic (exact) mass is 361 g/mol. The van der Waals surface area contributed by atoms with Crippen LogP contribution in [0, 0.1) is 5.92 Å². The van der Waals surface area contributed by atoms with Gasteiger partial charge in [0.25, 0.3) is 5.91 Å². The molecule has 1 N–H and O–H groups in total. The molecular weight excluding hydrogens is 338 g/mol. The van der Waals surface area contributed by atoms with E-state index >= 15 is 0 Å². The van der Waals surface area contributed by atoms with Gasteiger partial charge in [0, 0.05) is 12.1 Å². The van der Waals surface area contributed by atoms with Crippen LogP contribution in [0.1, 0.15) is 25.3 Å². The number of amides is 1. The van der Waals surface area contributed by atoms with Gasteiger partial charge in [-0.15, -0.1) is 0 Å². The van der Waals surface area contributed by atoms with Crippen molar-refractivity contribution in [1.29, 1.82) is 0 Å². The van der Waals surface area contributed by atoms with E-state index in [0.29, 0.717) is 41.9 Å². The summed E-state index contributed by atoms with van der Waals surface area (Å²) in [5, 5.41) is 2.83. The number of benzene rings is 1. The van der Waals surface area contributed by atoms with Gasteiger partial charge in [0.05, 0.1) is 7.11 Å². The fourth-order valence-electron chi connectivity index (χ4n) is 2.75. The Morgan fingerprint density at radius 3 is 2.81 bits per heavy atom. The summed E-state index contributed by atoms with van der Waals surface area (Å²) in [6.45, 7) is 2.60. The molecule has 7 heteroatoms. The number of esters is 1. The number of rotatable bonds is 7. The first-order valence-electron chi connectivity index (χ1n) is 8.68. The molecule has 3 rings (SSSR count). The molecule has 1 aliphatic carbocycles. The Morgan fingerprint density at radius 2 is 2.08 bits per heavy atom. The van der Waals surface area contributed by atoms with Crippen molar-refractivity contribution < 1.29 is 28.5 Å². The summed E-state index contributed by atoms with van der Waals surface area (Å²) in [4.78, 5) is 23.6. The van der Waals surface area contributed by atoms with Crippen molar-refractivity contribution in [2.75, 3.05) is 26.9 Å². The third kappa shape index (κ3) is 4.68. The van der Waals surface area contributed by atoms with Crippen molar-refractivity contribution >= 4 is 18.0 Å². The lowest BCUT2D eigenvalue weighted by atomic mass is 10.1. The quantitative estimate of drug-likeness (QED) is 0.590. The van der Waals surface area contributed by atoms with Gasteiger partial charge >= 0.3 is 5.97 Å². The van der Waals surface area contributed by atoms with Gasteiger partial charge in [-0.3, -0.25) is 4.79 Å². The molecule has 0 radical (unpaired) electrons. The third-order valence-electron chi connectivity index (χ3n) is 4.33. The maximum absolute atomic E-state index is 11.8. The van der Waals surface area contributed by atoms with E-state index in [1.807, 2.05) is 6.92 Å². The first kappa shape index (κ1) is 18.1. The molecule has 0 aromatic heterocycles. The van der Waals surface area contributed by atoms with Gasteiger partial charge in [-0.1, -0.05) is 0 Å². The van der Waals surface area contributed by atoms with E-state index in [4.69, 9.17) is 18.9 Å². The minimum Gasteiger partial charge on any atom is -0.493 e. The number of nitrogens with one attached hydrogen (secondary N) is 1. The van der Waals surface area contributed by atoms with Crippen molar-refractivity contribution in [2.24, 2.45) is 5.92 Å². The summed E-state index contributed by atoms with van der Waals surface area (Å²) < 4.78 is 21.3. The topological polar surface area (TPSA) is 83.1 Å². The summed E-state index contributed by atoms with van der Waals surface area (Å²) in [7, 11) is 1.54. The van der Waals surface area contributed by atoms with Crippen molar-refractivity contribution in [3.8, 4) is 17.2 Å². The Morgan fingerprint density at radius 1 is 1.31 bits per heavy atom. The van der Waals surface area contributed by atoms with Crippen LogP contribution >= 0.6 is 0 Å². The number of carbonyl (C=O) groups excluding carboxylic acids is 2. The van der Waals surface area contributed by atoms with Gasteiger partial charge in [-0.2, -0.15) is 0 Å². The molecule has 1 atom stereocenters. The molecule has 0 unspecified atom stereocenters. The van der Waals surface area contributed by atoms with E-state index in [0.717, 1.165) is 12.8 Å². The van der Waals surface area contributed by atoms with Gasteiger partial charge in [-0.25, -0.2) is 4.79 Å². The van der Waals surface area contributed by atoms with Crippen LogP contribution in [0.25, 0.3) is 6.08 Å². The van der Waals surface area contributed by atoms with Gasteiger partial charge in [-0.05, 0) is 49.5 Å². The van der Waals surface area contributed by atoms with Crippen molar-refractivity contribution in [3.05, 3.63) is 23.8 Å². The highest BCUT2D eigenvalue weighted by Gasteiger charge is 2.28. The van der Waals surface area contributed by atoms with E-state index < -0.39 is 5.97 Å². The Bertz CT molecular complexity index is 693. The molecule has 1 amide bonds. The Labute approximate surface area is 152 Å². The average molecular weight is 361 g/mol. The van der Waals surface area contributed by atoms with Gasteiger partial charge in [0.1, 0.15) is 13.2 Å². The molecule has 1 aliphatic heterocycles. The summed E-state index contributed by atoms with van der Waals surface area (Å²) in [5.74, 6) is 1.33. The number of fused-ring (bicyclic) bond motifs is 1. The largest absolute Gasteiger partial charge is 0.493 e. The molecule has 26 heavy (non-hydrogen) atoms. The van der Waals surface area contributed by atoms with Crippen LogP contribution in [0.5, 0.6) is 17.2 Å². The molecule has 1 saturated carbocycles. The van der Waals surface area contributed by atoms with Gasteiger partial charge < -0.3 is 24.3 Å². The SMILES string of the molecule is COc1cc(/C=C/C(=O)OCC(=O)N[C@@H](C)C2CC2)cc2c1OCCO2. The average Bonchev–Trinajstić information content (AvgIpc) is 3.49. The second-order valence-electron chi connectivity index (χ2n) is 6.38. The molecule has 0 saturated heterocycles. The second-order valence-corrected chi connectivity index (χ2v) is 6.38. The molecule has 0 spiro atoms. The highest BCUT2D eigenvalue weighted by Crippen LogP contribution is 2.40. The fourth-order valence-corrected chi connectivity index (χ4v) is 2.75. The fraction of sp³-hybridized carbons (Fsp3) is 0.474. The van der Waals surface area contributed by atoms with Crippen LogP contribution in [-0.4, -0.2) is 44.8 Å². The summed E-state index contributed by atoms with van der Waals surface area (Å²) in [5.41, 5.74) is 0.704. The third-order valence-corrected chi connectivity index (χ3v) is 4.33. The van der Waals surface area contributed by atoms with E-state index in [9.17, 15) is 9.59 Å². The smallest absolute Gasteiger partial charge is 0.331 e. The van der Waals surface area contributed by atoms with Crippen molar-refractivity contribution in [3.63, 3.8) is 0 Å². The standard InChI is InChI=1S/C19H23NO6/c1-12(14-4-5-14)20-17(21)11-26-18(22)6-3-13-9-15(23-2)19-16(10-13)24-7-8-25-19/h3,6,9-10,12,14H,4-5,7-8,11H2,1-2H3,(H,20,21)/b6-3+/t12-/m0/s1. The van der Waals surface area contributed by atoms with Crippen LogP contribution in [-0.2, 0) is 14.3 Å². The number of methoxy groups -OCH3 is 1. The molecule has 2 aliphatic rings. The summed E-state index contributed by atoms with van der Waals surface area (Å²) in [6.07, 6.45) is 5.13. The first-order chi connectivity index (χ1) is 12.6. The normalized spacial score (nSPS) is 16.8. The second kappa shape index (κ2) is 8.12. The lowest BCUT2D eigenvalue weighted by Crippen LogP contribution is -2.36. The predicted octanol–water partition coefficient (Wildman–Crippen LogP) is 1.94. The number of ether oxygens (including phenoxy) is 4. The minimum absolute atomic E-state index is 0.127. The number of hydrogen-bond acceptors (Lipinski definition) is 6.